The highest BCUT2D eigenvalue weighted by Gasteiger charge is 2.19. The van der Waals surface area contributed by atoms with Gasteiger partial charge in [0, 0.05) is 6.04 Å². The molecule has 0 aliphatic rings. The van der Waals surface area contributed by atoms with Crippen LogP contribution in [0.3, 0.4) is 0 Å². The fraction of sp³-hybridized carbons (Fsp3) is 0.625. The number of hydrogen-bond donors (Lipinski definition) is 3. The number of nitrogens with two attached hydrogens (primary N) is 1. The molecule has 90 valence electrons. The van der Waals surface area contributed by atoms with Crippen LogP contribution in [0.5, 0.6) is 0 Å². The molecular weight excluding hydrogens is 230 g/mol. The van der Waals surface area contributed by atoms with Gasteiger partial charge in [-0.25, -0.2) is 15.7 Å². The third kappa shape index (κ3) is 2.64. The molecule has 8 heteroatoms. The lowest BCUT2D eigenvalue weighted by Gasteiger charge is -2.11. The minimum absolute atomic E-state index is 0.0121. The number of nitrogens with zero attached hydrogens (tertiary/aromatic N) is 2. The Labute approximate surface area is 96.8 Å². The van der Waals surface area contributed by atoms with Crippen LogP contribution >= 0.6 is 11.8 Å². The number of aromatic amines is 1. The predicted molar refractivity (Wildman–Crippen MR) is 60.9 cm³/mol. The van der Waals surface area contributed by atoms with Crippen molar-refractivity contribution in [2.45, 2.75) is 37.2 Å². The Bertz CT molecular complexity index is 424. The van der Waals surface area contributed by atoms with Crippen molar-refractivity contribution in [1.82, 2.24) is 20.2 Å². The Morgan fingerprint density at radius 1 is 1.56 bits per heavy atom. The Hall–Kier alpha value is -1.28. The normalized spacial score (nSPS) is 12.8. The highest BCUT2D eigenvalue weighted by molar-refractivity contribution is 8.00. The largest absolute Gasteiger partial charge is 0.344 e. The molecule has 1 aromatic rings. The van der Waals surface area contributed by atoms with E-state index in [0.29, 0.717) is 5.16 Å². The first-order valence-corrected chi connectivity index (χ1v) is 5.69. The van der Waals surface area contributed by atoms with Crippen LogP contribution in [0.2, 0.25) is 0 Å². The van der Waals surface area contributed by atoms with Crippen LogP contribution in [0.4, 0.5) is 0 Å². The summed E-state index contributed by atoms with van der Waals surface area (Å²) in [4.78, 5) is 22.6. The van der Waals surface area contributed by atoms with Crippen LogP contribution in [-0.2, 0) is 4.79 Å². The summed E-state index contributed by atoms with van der Waals surface area (Å²) < 4.78 is 1.49. The maximum atomic E-state index is 11.4. The number of rotatable bonds is 4. The Balaban J connectivity index is 2.90. The van der Waals surface area contributed by atoms with Crippen molar-refractivity contribution in [3.8, 4) is 0 Å². The Morgan fingerprint density at radius 2 is 2.19 bits per heavy atom. The van der Waals surface area contributed by atoms with E-state index in [0.717, 1.165) is 0 Å². The van der Waals surface area contributed by atoms with Crippen molar-refractivity contribution >= 4 is 17.7 Å². The van der Waals surface area contributed by atoms with Crippen LogP contribution in [0.15, 0.2) is 9.95 Å². The highest BCUT2D eigenvalue weighted by atomic mass is 32.2. The van der Waals surface area contributed by atoms with Gasteiger partial charge in [0.1, 0.15) is 0 Å². The summed E-state index contributed by atoms with van der Waals surface area (Å²) in [6.07, 6.45) is 0. The Kier molecular flexibility index (Phi) is 4.13. The average molecular weight is 245 g/mol. The van der Waals surface area contributed by atoms with Crippen LogP contribution in [-0.4, -0.2) is 25.9 Å². The van der Waals surface area contributed by atoms with E-state index in [1.54, 1.807) is 6.92 Å². The van der Waals surface area contributed by atoms with Crippen molar-refractivity contribution in [3.63, 3.8) is 0 Å². The summed E-state index contributed by atoms with van der Waals surface area (Å²) in [6, 6.07) is -0.0121. The van der Waals surface area contributed by atoms with Crippen LogP contribution in [0.1, 0.15) is 26.8 Å². The summed E-state index contributed by atoms with van der Waals surface area (Å²) in [5.74, 6) is 4.71. The van der Waals surface area contributed by atoms with Crippen LogP contribution in [0.25, 0.3) is 0 Å². The molecule has 4 N–H and O–H groups in total. The summed E-state index contributed by atoms with van der Waals surface area (Å²) in [5.41, 5.74) is 1.78. The van der Waals surface area contributed by atoms with E-state index in [4.69, 9.17) is 5.84 Å². The molecule has 1 rings (SSSR count). The van der Waals surface area contributed by atoms with Crippen molar-refractivity contribution in [1.29, 1.82) is 0 Å². The zero-order chi connectivity index (χ0) is 12.3. The number of amides is 1. The van der Waals surface area contributed by atoms with E-state index in [1.165, 1.54) is 16.3 Å². The molecule has 0 saturated heterocycles. The SMILES string of the molecule is CC(Sc1n[nH]c(=O)n1C(C)C)C(=O)NN. The minimum atomic E-state index is -0.405. The van der Waals surface area contributed by atoms with Crippen molar-refractivity contribution in [2.24, 2.45) is 5.84 Å². The number of aromatic nitrogens is 3. The molecule has 1 unspecified atom stereocenters. The van der Waals surface area contributed by atoms with Gasteiger partial charge >= 0.3 is 5.69 Å². The van der Waals surface area contributed by atoms with Gasteiger partial charge < -0.3 is 0 Å². The van der Waals surface area contributed by atoms with Crippen molar-refractivity contribution in [2.75, 3.05) is 0 Å². The van der Waals surface area contributed by atoms with Gasteiger partial charge in [-0.1, -0.05) is 11.8 Å². The molecule has 0 saturated carbocycles. The van der Waals surface area contributed by atoms with E-state index in [9.17, 15) is 9.59 Å². The molecular formula is C8H15N5O2S. The van der Waals surface area contributed by atoms with Gasteiger partial charge in [0.25, 0.3) is 0 Å². The van der Waals surface area contributed by atoms with Gasteiger partial charge in [-0.15, -0.1) is 5.10 Å². The second kappa shape index (κ2) is 5.17. The molecule has 0 aliphatic heterocycles. The maximum Gasteiger partial charge on any atom is 0.344 e. The quantitative estimate of drug-likeness (QED) is 0.290. The smallest absolute Gasteiger partial charge is 0.293 e. The molecule has 1 amide bonds. The maximum absolute atomic E-state index is 11.4. The lowest BCUT2D eigenvalue weighted by atomic mass is 10.4. The van der Waals surface area contributed by atoms with Crippen LogP contribution in [0, 0.1) is 0 Å². The molecule has 16 heavy (non-hydrogen) atoms. The fourth-order valence-corrected chi connectivity index (χ4v) is 2.15. The van der Waals surface area contributed by atoms with Gasteiger partial charge in [-0.3, -0.25) is 14.8 Å². The zero-order valence-electron chi connectivity index (χ0n) is 9.35. The van der Waals surface area contributed by atoms with Gasteiger partial charge in [0.2, 0.25) is 5.91 Å². The lowest BCUT2D eigenvalue weighted by Crippen LogP contribution is -2.36. The fourth-order valence-electron chi connectivity index (χ4n) is 1.16. The second-order valence-electron chi connectivity index (χ2n) is 3.54. The monoisotopic (exact) mass is 245 g/mol. The first-order valence-electron chi connectivity index (χ1n) is 4.81. The summed E-state index contributed by atoms with van der Waals surface area (Å²) >= 11 is 1.18. The average Bonchev–Trinajstić information content (AvgIpc) is 2.58. The highest BCUT2D eigenvalue weighted by Crippen LogP contribution is 2.21. The molecule has 1 heterocycles. The summed E-state index contributed by atoms with van der Waals surface area (Å²) in [6.45, 7) is 5.43. The lowest BCUT2D eigenvalue weighted by molar-refractivity contribution is -0.120. The van der Waals surface area contributed by atoms with Crippen LogP contribution < -0.4 is 17.0 Å². The third-order valence-corrected chi connectivity index (χ3v) is 3.05. The molecule has 1 aromatic heterocycles. The first kappa shape index (κ1) is 12.8. The summed E-state index contributed by atoms with van der Waals surface area (Å²) in [7, 11) is 0. The predicted octanol–water partition coefficient (Wildman–Crippen LogP) is -0.377. The molecule has 0 aliphatic carbocycles. The molecule has 0 fully saturated rings. The van der Waals surface area contributed by atoms with E-state index in [-0.39, 0.29) is 17.6 Å². The Morgan fingerprint density at radius 3 is 2.69 bits per heavy atom. The molecule has 1 atom stereocenters. The van der Waals surface area contributed by atoms with Crippen molar-refractivity contribution in [3.05, 3.63) is 10.5 Å². The second-order valence-corrected chi connectivity index (χ2v) is 4.85. The zero-order valence-corrected chi connectivity index (χ0v) is 10.2. The van der Waals surface area contributed by atoms with E-state index < -0.39 is 5.25 Å². The minimum Gasteiger partial charge on any atom is -0.293 e. The number of H-pyrrole nitrogens is 1. The molecule has 0 aromatic carbocycles. The number of nitrogens with one attached hydrogen (secondary N) is 2. The molecule has 7 nitrogen and oxygen atoms in total. The van der Waals surface area contributed by atoms with E-state index in [1.807, 2.05) is 13.8 Å². The molecule has 0 radical (unpaired) electrons. The summed E-state index contributed by atoms with van der Waals surface area (Å²) in [5, 5.41) is 6.29. The topological polar surface area (TPSA) is 106 Å². The van der Waals surface area contributed by atoms with E-state index in [2.05, 4.69) is 15.6 Å². The van der Waals surface area contributed by atoms with Crippen molar-refractivity contribution < 1.29 is 4.79 Å². The third-order valence-electron chi connectivity index (χ3n) is 1.98. The molecule has 0 spiro atoms. The molecule has 0 bridgehead atoms. The standard InChI is InChI=1S/C8H15N5O2S/c1-4(2)13-7(15)11-12-8(13)16-5(3)6(14)10-9/h4-5H,9H2,1-3H3,(H,10,14)(H,11,15). The number of carbonyl (C=O) groups is 1. The van der Waals surface area contributed by atoms with Gasteiger partial charge in [0.05, 0.1) is 5.25 Å². The van der Waals surface area contributed by atoms with Gasteiger partial charge in [-0.05, 0) is 20.8 Å². The van der Waals surface area contributed by atoms with E-state index >= 15 is 0 Å². The first-order chi connectivity index (χ1) is 7.47. The van der Waals surface area contributed by atoms with Gasteiger partial charge in [-0.2, -0.15) is 0 Å². The van der Waals surface area contributed by atoms with Gasteiger partial charge in [0.15, 0.2) is 5.16 Å². The number of thioether (sulfide) groups is 1. The number of carbonyl (C=O) groups excluding carboxylic acids is 1. The number of hydrogen-bond acceptors (Lipinski definition) is 5. The number of hydrazine groups is 1.